The van der Waals surface area contributed by atoms with Crippen molar-refractivity contribution >= 4 is 40.7 Å². The Hall–Kier alpha value is -1.26. The summed E-state index contributed by atoms with van der Waals surface area (Å²) in [6.07, 6.45) is 2.69. The lowest BCUT2D eigenvalue weighted by Crippen LogP contribution is -2.39. The first-order valence-corrected chi connectivity index (χ1v) is 8.65. The smallest absolute Gasteiger partial charge is 0.229 e. The number of aryl methyl sites for hydroxylation is 1. The molecular weight excluding hydrogens is 335 g/mol. The van der Waals surface area contributed by atoms with Gasteiger partial charge in [-0.25, -0.2) is 0 Å². The number of halogens is 2. The van der Waals surface area contributed by atoms with E-state index in [2.05, 4.69) is 11.4 Å². The van der Waals surface area contributed by atoms with Gasteiger partial charge in [-0.1, -0.05) is 18.2 Å². The van der Waals surface area contributed by atoms with Crippen LogP contribution in [0.15, 0.2) is 24.3 Å². The van der Waals surface area contributed by atoms with Crippen LogP contribution in [0.25, 0.3) is 0 Å². The average Bonchev–Trinajstić information content (AvgIpc) is 3.06. The number of para-hydroxylation sites is 1. The first-order valence-electron chi connectivity index (χ1n) is 7.89. The van der Waals surface area contributed by atoms with Crippen LogP contribution in [0.3, 0.4) is 0 Å². The van der Waals surface area contributed by atoms with Crippen molar-refractivity contribution in [2.75, 3.05) is 18.0 Å². The number of rotatable bonds is 4. The molecule has 1 aliphatic carbocycles. The fraction of sp³-hybridized carbons (Fsp3) is 0.529. The SMILES string of the molecule is C[C@@]1(C(=O)NCCC(=O)N2CCCc3ccccc32)CC1(Cl)Cl. The summed E-state index contributed by atoms with van der Waals surface area (Å²) in [6, 6.07) is 7.98. The predicted molar refractivity (Wildman–Crippen MR) is 91.9 cm³/mol. The zero-order valence-corrected chi connectivity index (χ0v) is 14.6. The number of nitrogens with zero attached hydrogens (tertiary/aromatic N) is 1. The summed E-state index contributed by atoms with van der Waals surface area (Å²) < 4.78 is -0.979. The molecule has 0 spiro atoms. The van der Waals surface area contributed by atoms with E-state index in [4.69, 9.17) is 23.2 Å². The summed E-state index contributed by atoms with van der Waals surface area (Å²) in [6.45, 7) is 2.77. The number of benzene rings is 1. The highest BCUT2D eigenvalue weighted by atomic mass is 35.5. The molecule has 0 unspecified atom stereocenters. The maximum Gasteiger partial charge on any atom is 0.229 e. The number of amides is 2. The highest BCUT2D eigenvalue weighted by Crippen LogP contribution is 2.63. The Bertz CT molecular complexity index is 647. The van der Waals surface area contributed by atoms with Gasteiger partial charge in [-0.3, -0.25) is 9.59 Å². The van der Waals surface area contributed by atoms with Gasteiger partial charge < -0.3 is 10.2 Å². The number of alkyl halides is 2. The molecule has 1 heterocycles. The van der Waals surface area contributed by atoms with Gasteiger partial charge in [0.15, 0.2) is 0 Å². The number of carbonyl (C=O) groups is 2. The van der Waals surface area contributed by atoms with Crippen LogP contribution in [0.4, 0.5) is 5.69 Å². The molecule has 1 fully saturated rings. The van der Waals surface area contributed by atoms with Crippen molar-refractivity contribution < 1.29 is 9.59 Å². The molecule has 1 N–H and O–H groups in total. The monoisotopic (exact) mass is 354 g/mol. The van der Waals surface area contributed by atoms with Crippen LogP contribution in [-0.2, 0) is 16.0 Å². The summed E-state index contributed by atoms with van der Waals surface area (Å²) in [4.78, 5) is 26.4. The molecular formula is C17H20Cl2N2O2. The van der Waals surface area contributed by atoms with Crippen LogP contribution in [0, 0.1) is 5.41 Å². The summed E-state index contributed by atoms with van der Waals surface area (Å²) in [7, 11) is 0. The number of hydrogen-bond donors (Lipinski definition) is 1. The third kappa shape index (κ3) is 3.07. The molecule has 124 valence electrons. The topological polar surface area (TPSA) is 49.4 Å². The van der Waals surface area contributed by atoms with E-state index in [1.807, 2.05) is 23.1 Å². The van der Waals surface area contributed by atoms with Gasteiger partial charge in [0.25, 0.3) is 0 Å². The second kappa shape index (κ2) is 5.99. The Morgan fingerprint density at radius 1 is 1.30 bits per heavy atom. The molecule has 1 saturated carbocycles. The van der Waals surface area contributed by atoms with E-state index in [1.165, 1.54) is 5.56 Å². The molecule has 0 radical (unpaired) electrons. The first kappa shape index (κ1) is 16.6. The van der Waals surface area contributed by atoms with Gasteiger partial charge in [-0.05, 0) is 37.8 Å². The van der Waals surface area contributed by atoms with Crippen molar-refractivity contribution in [3.8, 4) is 0 Å². The van der Waals surface area contributed by atoms with Gasteiger partial charge in [-0.15, -0.1) is 23.2 Å². The molecule has 2 amide bonds. The molecule has 0 aromatic heterocycles. The number of carbonyl (C=O) groups excluding carboxylic acids is 2. The van der Waals surface area contributed by atoms with Crippen molar-refractivity contribution in [1.29, 1.82) is 0 Å². The van der Waals surface area contributed by atoms with Crippen LogP contribution in [0.5, 0.6) is 0 Å². The van der Waals surface area contributed by atoms with Crippen molar-refractivity contribution in [3.05, 3.63) is 29.8 Å². The lowest BCUT2D eigenvalue weighted by molar-refractivity contribution is -0.126. The average molecular weight is 355 g/mol. The lowest BCUT2D eigenvalue weighted by Gasteiger charge is -2.29. The highest BCUT2D eigenvalue weighted by Gasteiger charge is 2.67. The maximum absolute atomic E-state index is 12.5. The third-order valence-corrected chi connectivity index (χ3v) is 5.90. The molecule has 4 nitrogen and oxygen atoms in total. The second-order valence-corrected chi connectivity index (χ2v) is 7.98. The summed E-state index contributed by atoms with van der Waals surface area (Å²) in [5.74, 6) is -0.157. The fourth-order valence-corrected chi connectivity index (χ4v) is 3.76. The van der Waals surface area contributed by atoms with Crippen molar-refractivity contribution in [3.63, 3.8) is 0 Å². The van der Waals surface area contributed by atoms with Crippen molar-refractivity contribution in [1.82, 2.24) is 5.32 Å². The molecule has 1 atom stereocenters. The molecule has 6 heteroatoms. The lowest BCUT2D eigenvalue weighted by atomic mass is 10.0. The van der Waals surface area contributed by atoms with Crippen LogP contribution in [-0.4, -0.2) is 29.2 Å². The molecule has 0 bridgehead atoms. The van der Waals surface area contributed by atoms with Gasteiger partial charge in [0.1, 0.15) is 4.33 Å². The Morgan fingerprint density at radius 3 is 2.70 bits per heavy atom. The van der Waals surface area contributed by atoms with E-state index in [1.54, 1.807) is 6.92 Å². The molecule has 3 rings (SSSR count). The molecule has 23 heavy (non-hydrogen) atoms. The Morgan fingerprint density at radius 2 is 2.00 bits per heavy atom. The molecule has 2 aliphatic rings. The summed E-state index contributed by atoms with van der Waals surface area (Å²) in [5, 5.41) is 2.78. The van der Waals surface area contributed by atoms with Crippen LogP contribution in [0.2, 0.25) is 0 Å². The third-order valence-electron chi connectivity index (χ3n) is 4.79. The van der Waals surface area contributed by atoms with Gasteiger partial charge in [0.05, 0.1) is 5.41 Å². The van der Waals surface area contributed by atoms with E-state index >= 15 is 0 Å². The van der Waals surface area contributed by atoms with Gasteiger partial charge in [-0.2, -0.15) is 0 Å². The van der Waals surface area contributed by atoms with Gasteiger partial charge in [0.2, 0.25) is 11.8 Å². The zero-order valence-electron chi connectivity index (χ0n) is 13.1. The maximum atomic E-state index is 12.5. The number of hydrogen-bond acceptors (Lipinski definition) is 2. The Kier molecular flexibility index (Phi) is 4.32. The normalized spacial score (nSPS) is 24.7. The van der Waals surface area contributed by atoms with Crippen LogP contribution < -0.4 is 10.2 Å². The highest BCUT2D eigenvalue weighted by molar-refractivity contribution is 6.53. The minimum Gasteiger partial charge on any atom is -0.355 e. The summed E-state index contributed by atoms with van der Waals surface area (Å²) >= 11 is 12.0. The van der Waals surface area contributed by atoms with E-state index in [-0.39, 0.29) is 18.2 Å². The van der Waals surface area contributed by atoms with E-state index in [9.17, 15) is 9.59 Å². The Balaban J connectivity index is 1.54. The molecule has 0 saturated heterocycles. The van der Waals surface area contributed by atoms with Gasteiger partial charge in [0, 0.05) is 25.2 Å². The molecule has 1 aromatic carbocycles. The van der Waals surface area contributed by atoms with Gasteiger partial charge >= 0.3 is 0 Å². The van der Waals surface area contributed by atoms with E-state index in [0.29, 0.717) is 13.0 Å². The quantitative estimate of drug-likeness (QED) is 0.844. The standard InChI is InChI=1S/C17H20Cl2N2O2/c1-16(11-17(16,18)19)15(23)20-9-8-14(22)21-10-4-6-12-5-2-3-7-13(12)21/h2-3,5,7H,4,6,8-11H2,1H3,(H,20,23)/t16-/m0/s1. The fourth-order valence-electron chi connectivity index (χ4n) is 3.05. The zero-order chi connectivity index (χ0) is 16.7. The van der Waals surface area contributed by atoms with Crippen molar-refractivity contribution in [2.24, 2.45) is 5.41 Å². The van der Waals surface area contributed by atoms with E-state index in [0.717, 1.165) is 25.1 Å². The van der Waals surface area contributed by atoms with E-state index < -0.39 is 9.75 Å². The van der Waals surface area contributed by atoms with Crippen LogP contribution in [0.1, 0.15) is 31.7 Å². The molecule has 1 aromatic rings. The number of nitrogens with one attached hydrogen (secondary N) is 1. The minimum atomic E-state index is -0.979. The predicted octanol–water partition coefficient (Wildman–Crippen LogP) is 3.06. The largest absolute Gasteiger partial charge is 0.355 e. The summed E-state index contributed by atoms with van der Waals surface area (Å²) in [5.41, 5.74) is 1.46. The van der Waals surface area contributed by atoms with Crippen molar-refractivity contribution in [2.45, 2.75) is 36.9 Å². The molecule has 1 aliphatic heterocycles. The van der Waals surface area contributed by atoms with Crippen LogP contribution >= 0.6 is 23.2 Å². The second-order valence-electron chi connectivity index (χ2n) is 6.50. The minimum absolute atomic E-state index is 0.0291. The Labute approximate surface area is 146 Å². The number of anilines is 1. The number of fused-ring (bicyclic) bond motifs is 1. The first-order chi connectivity index (χ1) is 10.8.